The molecule has 0 saturated carbocycles. The minimum Gasteiger partial charge on any atom is -0.478 e. The zero-order valence-electron chi connectivity index (χ0n) is 9.98. The number of nitrogens with zero attached hydrogens (tertiary/aromatic N) is 4. The van der Waals surface area contributed by atoms with Crippen LogP contribution < -0.4 is 4.72 Å². The van der Waals surface area contributed by atoms with E-state index >= 15 is 0 Å². The van der Waals surface area contributed by atoms with Crippen LogP contribution in [0.15, 0.2) is 23.1 Å². The van der Waals surface area contributed by atoms with Crippen LogP contribution in [0.2, 0.25) is 5.02 Å². The van der Waals surface area contributed by atoms with Gasteiger partial charge in [0.15, 0.2) is 0 Å². The van der Waals surface area contributed by atoms with Crippen molar-refractivity contribution in [3.8, 4) is 0 Å². The molecule has 0 radical (unpaired) electrons. The molecule has 1 heterocycles. The van der Waals surface area contributed by atoms with Crippen molar-refractivity contribution < 1.29 is 18.3 Å². The van der Waals surface area contributed by atoms with E-state index in [9.17, 15) is 13.2 Å². The van der Waals surface area contributed by atoms with Crippen molar-refractivity contribution in [2.45, 2.75) is 4.90 Å². The van der Waals surface area contributed by atoms with E-state index in [1.807, 2.05) is 0 Å². The van der Waals surface area contributed by atoms with Crippen LogP contribution in [0, 0.1) is 0 Å². The van der Waals surface area contributed by atoms with E-state index in [4.69, 9.17) is 16.7 Å². The summed E-state index contributed by atoms with van der Waals surface area (Å²) in [5.41, 5.74) is -0.191. The largest absolute Gasteiger partial charge is 0.478 e. The SMILES string of the molecule is Cn1nnc(NS(=O)(=O)c2ccc(C(=O)O)c(Cl)c2)n1. The number of nitrogens with one attached hydrogen (secondary N) is 1. The molecule has 2 rings (SSSR count). The normalized spacial score (nSPS) is 11.3. The Kier molecular flexibility index (Phi) is 3.59. The van der Waals surface area contributed by atoms with Crippen molar-refractivity contribution in [3.05, 3.63) is 28.8 Å². The molecule has 0 amide bonds. The predicted octanol–water partition coefficient (Wildman–Crippen LogP) is 0.363. The topological polar surface area (TPSA) is 127 Å². The van der Waals surface area contributed by atoms with Crippen molar-refractivity contribution in [3.63, 3.8) is 0 Å². The molecule has 2 N–H and O–H groups in total. The van der Waals surface area contributed by atoms with Gasteiger partial charge in [0, 0.05) is 0 Å². The Morgan fingerprint density at radius 2 is 2.15 bits per heavy atom. The zero-order valence-corrected chi connectivity index (χ0v) is 11.6. The van der Waals surface area contributed by atoms with Crippen LogP contribution in [0.25, 0.3) is 0 Å². The van der Waals surface area contributed by atoms with Gasteiger partial charge >= 0.3 is 5.97 Å². The van der Waals surface area contributed by atoms with Gasteiger partial charge in [-0.2, -0.15) is 4.80 Å². The lowest BCUT2D eigenvalue weighted by Crippen LogP contribution is -2.14. The molecular formula is C9H8ClN5O4S. The summed E-state index contributed by atoms with van der Waals surface area (Å²) in [5, 5.41) is 19.2. The highest BCUT2D eigenvalue weighted by atomic mass is 35.5. The third-order valence-corrected chi connectivity index (χ3v) is 3.85. The summed E-state index contributed by atoms with van der Waals surface area (Å²) in [6.45, 7) is 0. The predicted molar refractivity (Wildman–Crippen MR) is 68.0 cm³/mol. The molecule has 9 nitrogen and oxygen atoms in total. The minimum absolute atomic E-state index is 0.188. The quantitative estimate of drug-likeness (QED) is 0.833. The van der Waals surface area contributed by atoms with Crippen LogP contribution in [0.5, 0.6) is 0 Å². The van der Waals surface area contributed by atoms with Gasteiger partial charge in [0.1, 0.15) is 0 Å². The first-order chi connectivity index (χ1) is 9.29. The Hall–Kier alpha value is -2.20. The molecule has 20 heavy (non-hydrogen) atoms. The van der Waals surface area contributed by atoms with Gasteiger partial charge in [-0.3, -0.25) is 0 Å². The average molecular weight is 318 g/mol. The number of hydrogen-bond acceptors (Lipinski definition) is 6. The Balaban J connectivity index is 2.35. The van der Waals surface area contributed by atoms with Crippen molar-refractivity contribution in [2.24, 2.45) is 7.05 Å². The van der Waals surface area contributed by atoms with E-state index in [0.29, 0.717) is 0 Å². The summed E-state index contributed by atoms with van der Waals surface area (Å²) >= 11 is 5.72. The molecule has 0 aliphatic carbocycles. The standard InChI is InChI=1S/C9H8ClN5O4S/c1-15-12-9(11-14-15)13-20(18,19)5-2-3-6(8(16)17)7(10)4-5/h2-4H,1H3,(H,12,13)(H,16,17). The smallest absolute Gasteiger partial charge is 0.337 e. The highest BCUT2D eigenvalue weighted by molar-refractivity contribution is 7.92. The first-order valence-electron chi connectivity index (χ1n) is 5.09. The van der Waals surface area contributed by atoms with Crippen molar-refractivity contribution in [1.82, 2.24) is 20.2 Å². The lowest BCUT2D eigenvalue weighted by atomic mass is 10.2. The number of hydrogen-bond donors (Lipinski definition) is 2. The van der Waals surface area contributed by atoms with E-state index < -0.39 is 16.0 Å². The van der Waals surface area contributed by atoms with Gasteiger partial charge in [-0.05, 0) is 23.4 Å². The lowest BCUT2D eigenvalue weighted by molar-refractivity contribution is 0.0697. The number of carboxylic acid groups (broad SMARTS) is 1. The van der Waals surface area contributed by atoms with E-state index in [1.165, 1.54) is 7.05 Å². The summed E-state index contributed by atoms with van der Waals surface area (Å²) in [6, 6.07) is 3.25. The Morgan fingerprint density at radius 3 is 2.65 bits per heavy atom. The number of benzene rings is 1. The molecule has 0 bridgehead atoms. The highest BCUT2D eigenvalue weighted by Gasteiger charge is 2.19. The first kappa shape index (κ1) is 14.2. The molecule has 11 heteroatoms. The molecule has 106 valence electrons. The molecule has 1 aromatic carbocycles. The summed E-state index contributed by atoms with van der Waals surface area (Å²) in [5.74, 6) is -1.45. The monoisotopic (exact) mass is 317 g/mol. The second-order valence-corrected chi connectivity index (χ2v) is 5.74. The summed E-state index contributed by atoms with van der Waals surface area (Å²) in [4.78, 5) is 11.7. The number of aryl methyl sites for hydroxylation is 1. The molecule has 0 saturated heterocycles. The Labute approximate surface area is 118 Å². The first-order valence-corrected chi connectivity index (χ1v) is 6.95. The van der Waals surface area contributed by atoms with Crippen molar-refractivity contribution in [1.29, 1.82) is 0 Å². The van der Waals surface area contributed by atoms with Crippen molar-refractivity contribution >= 4 is 33.5 Å². The second kappa shape index (κ2) is 5.06. The molecule has 0 aliphatic rings. The van der Waals surface area contributed by atoms with Gasteiger partial charge in [-0.1, -0.05) is 16.7 Å². The minimum atomic E-state index is -3.97. The average Bonchev–Trinajstić information content (AvgIpc) is 2.73. The fourth-order valence-corrected chi connectivity index (χ4v) is 2.63. The highest BCUT2D eigenvalue weighted by Crippen LogP contribution is 2.21. The number of rotatable bonds is 4. The molecule has 2 aromatic rings. The van der Waals surface area contributed by atoms with Gasteiger partial charge in [-0.15, -0.1) is 5.10 Å². The maximum Gasteiger partial charge on any atom is 0.337 e. The van der Waals surface area contributed by atoms with E-state index in [1.54, 1.807) is 0 Å². The van der Waals surface area contributed by atoms with E-state index in [0.717, 1.165) is 23.0 Å². The zero-order chi connectivity index (χ0) is 14.9. The fourth-order valence-electron chi connectivity index (χ4n) is 1.34. The molecular weight excluding hydrogens is 310 g/mol. The number of halogens is 1. The molecule has 0 atom stereocenters. The number of aromatic nitrogens is 4. The Bertz CT molecular complexity index is 772. The summed E-state index contributed by atoms with van der Waals surface area (Å²) < 4.78 is 26.1. The van der Waals surface area contributed by atoms with Crippen LogP contribution in [0.1, 0.15) is 10.4 Å². The lowest BCUT2D eigenvalue weighted by Gasteiger charge is -2.06. The molecule has 0 fully saturated rings. The number of aromatic carboxylic acids is 1. The number of sulfonamides is 1. The van der Waals surface area contributed by atoms with Gasteiger partial charge in [0.2, 0.25) is 0 Å². The van der Waals surface area contributed by atoms with Crippen LogP contribution in [0.4, 0.5) is 5.95 Å². The third-order valence-electron chi connectivity index (χ3n) is 2.22. The fraction of sp³-hybridized carbons (Fsp3) is 0.111. The molecule has 1 aromatic heterocycles. The molecule has 0 spiro atoms. The van der Waals surface area contributed by atoms with Crippen LogP contribution in [0.3, 0.4) is 0 Å². The number of carbonyl (C=O) groups is 1. The maximum atomic E-state index is 12.0. The van der Waals surface area contributed by atoms with E-state index in [-0.39, 0.29) is 21.4 Å². The molecule has 0 aliphatic heterocycles. The third kappa shape index (κ3) is 2.86. The van der Waals surface area contributed by atoms with Gasteiger partial charge in [0.05, 0.1) is 22.5 Å². The number of tetrazole rings is 1. The van der Waals surface area contributed by atoms with E-state index in [2.05, 4.69) is 20.1 Å². The van der Waals surface area contributed by atoms with Crippen molar-refractivity contribution in [2.75, 3.05) is 4.72 Å². The molecule has 0 unspecified atom stereocenters. The van der Waals surface area contributed by atoms with Gasteiger partial charge in [0.25, 0.3) is 16.0 Å². The summed E-state index contributed by atoms with van der Waals surface area (Å²) in [7, 11) is -2.50. The van der Waals surface area contributed by atoms with Crippen LogP contribution in [-0.2, 0) is 17.1 Å². The second-order valence-electron chi connectivity index (χ2n) is 3.65. The van der Waals surface area contributed by atoms with Gasteiger partial charge in [-0.25, -0.2) is 17.9 Å². The summed E-state index contributed by atoms with van der Waals surface area (Å²) in [6.07, 6.45) is 0. The van der Waals surface area contributed by atoms with Crippen LogP contribution >= 0.6 is 11.6 Å². The Morgan fingerprint density at radius 1 is 1.45 bits per heavy atom. The number of carboxylic acids is 1. The maximum absolute atomic E-state index is 12.0. The number of anilines is 1. The van der Waals surface area contributed by atoms with Gasteiger partial charge < -0.3 is 5.11 Å². The van der Waals surface area contributed by atoms with Crippen LogP contribution in [-0.4, -0.2) is 39.7 Å².